The molecule has 7 heteroatoms. The van der Waals surface area contributed by atoms with Crippen LogP contribution in [-0.2, 0) is 4.74 Å². The zero-order valence-electron chi connectivity index (χ0n) is 8.94. The van der Waals surface area contributed by atoms with Crippen LogP contribution in [-0.4, -0.2) is 20.4 Å². The molecule has 1 rings (SSSR count). The van der Waals surface area contributed by atoms with Gasteiger partial charge in [-0.25, -0.2) is 0 Å². The average molecular weight is 289 g/mol. The molecule has 0 radical (unpaired) electrons. The molecule has 2 nitrogen and oxygen atoms in total. The molecule has 0 fully saturated rings. The second-order valence-corrected chi connectivity index (χ2v) is 3.99. The van der Waals surface area contributed by atoms with E-state index in [1.807, 2.05) is 0 Å². The van der Waals surface area contributed by atoms with Gasteiger partial charge < -0.3 is 9.47 Å². The van der Waals surface area contributed by atoms with E-state index in [2.05, 4.69) is 4.74 Å². The molecule has 0 heterocycles. The highest BCUT2D eigenvalue weighted by Crippen LogP contribution is 2.41. The lowest BCUT2D eigenvalue weighted by Gasteiger charge is -2.20. The summed E-state index contributed by atoms with van der Waals surface area (Å²) in [4.78, 5) is 0. The van der Waals surface area contributed by atoms with Gasteiger partial charge in [-0.3, -0.25) is 0 Å². The first-order chi connectivity index (χ1) is 7.81. The highest BCUT2D eigenvalue weighted by Gasteiger charge is 2.41. The van der Waals surface area contributed by atoms with E-state index in [9.17, 15) is 13.2 Å². The van der Waals surface area contributed by atoms with Gasteiger partial charge in [0.2, 0.25) is 0 Å². The Labute approximate surface area is 106 Å². The fourth-order valence-electron chi connectivity index (χ4n) is 1.38. The van der Waals surface area contributed by atoms with E-state index in [1.165, 1.54) is 7.11 Å². The summed E-state index contributed by atoms with van der Waals surface area (Å²) >= 11 is 11.5. The van der Waals surface area contributed by atoms with Gasteiger partial charge in [0.25, 0.3) is 0 Å². The molecule has 0 bridgehead atoms. The molecule has 0 aliphatic carbocycles. The first kappa shape index (κ1) is 14.4. The highest BCUT2D eigenvalue weighted by atomic mass is 35.5. The standard InChI is InChI=1S/C10H9Cl2F3O2/c1-16-8-6(11)3-5(4-7(8)12)9(17-2)10(13,14)15/h3-4,9H,1-2H3. The van der Waals surface area contributed by atoms with Gasteiger partial charge in [-0.2, -0.15) is 13.2 Å². The van der Waals surface area contributed by atoms with Crippen molar-refractivity contribution in [2.45, 2.75) is 12.3 Å². The normalized spacial score (nSPS) is 13.6. The van der Waals surface area contributed by atoms with Gasteiger partial charge >= 0.3 is 6.18 Å². The quantitative estimate of drug-likeness (QED) is 0.828. The molecule has 0 aliphatic heterocycles. The van der Waals surface area contributed by atoms with Crippen LogP contribution in [0.1, 0.15) is 11.7 Å². The Morgan fingerprint density at radius 1 is 1.12 bits per heavy atom. The molecule has 0 N–H and O–H groups in total. The number of halogens is 5. The van der Waals surface area contributed by atoms with Gasteiger partial charge in [-0.05, 0) is 17.7 Å². The molecule has 1 unspecified atom stereocenters. The summed E-state index contributed by atoms with van der Waals surface area (Å²) in [6.07, 6.45) is -6.60. The number of methoxy groups -OCH3 is 2. The predicted molar refractivity (Wildman–Crippen MR) is 58.8 cm³/mol. The van der Waals surface area contributed by atoms with E-state index in [1.54, 1.807) is 0 Å². The Morgan fingerprint density at radius 2 is 1.59 bits per heavy atom. The summed E-state index contributed by atoms with van der Waals surface area (Å²) in [6.45, 7) is 0. The van der Waals surface area contributed by atoms with Crippen molar-refractivity contribution in [1.29, 1.82) is 0 Å². The molecule has 0 aromatic heterocycles. The fraction of sp³-hybridized carbons (Fsp3) is 0.400. The number of hydrogen-bond acceptors (Lipinski definition) is 2. The number of hydrogen-bond donors (Lipinski definition) is 0. The lowest BCUT2D eigenvalue weighted by molar-refractivity contribution is -0.215. The van der Waals surface area contributed by atoms with Gasteiger partial charge in [-0.15, -0.1) is 0 Å². The van der Waals surface area contributed by atoms with Gasteiger partial charge in [-0.1, -0.05) is 23.2 Å². The molecular weight excluding hydrogens is 280 g/mol. The number of rotatable bonds is 3. The smallest absolute Gasteiger partial charge is 0.418 e. The van der Waals surface area contributed by atoms with E-state index in [0.29, 0.717) is 0 Å². The Bertz CT molecular complexity index is 384. The monoisotopic (exact) mass is 288 g/mol. The minimum atomic E-state index is -4.53. The third-order valence-corrected chi connectivity index (χ3v) is 2.62. The van der Waals surface area contributed by atoms with Gasteiger partial charge in [0.15, 0.2) is 11.9 Å². The zero-order valence-corrected chi connectivity index (χ0v) is 10.5. The van der Waals surface area contributed by atoms with Crippen LogP contribution < -0.4 is 4.74 Å². The summed E-state index contributed by atoms with van der Waals surface area (Å²) in [5.74, 6) is 0.133. The van der Waals surface area contributed by atoms with Gasteiger partial charge in [0.05, 0.1) is 17.2 Å². The third kappa shape index (κ3) is 3.18. The number of ether oxygens (including phenoxy) is 2. The van der Waals surface area contributed by atoms with Crippen LogP contribution in [0.4, 0.5) is 13.2 Å². The summed E-state index contributed by atoms with van der Waals surface area (Å²) < 4.78 is 47.1. The molecule has 0 saturated heterocycles. The van der Waals surface area contributed by atoms with E-state index in [4.69, 9.17) is 27.9 Å². The van der Waals surface area contributed by atoms with Crippen LogP contribution in [0.5, 0.6) is 5.75 Å². The van der Waals surface area contributed by atoms with Crippen molar-refractivity contribution >= 4 is 23.2 Å². The molecule has 96 valence electrons. The molecule has 1 atom stereocenters. The Kier molecular flexibility index (Phi) is 4.52. The maximum absolute atomic E-state index is 12.6. The first-order valence-electron chi connectivity index (χ1n) is 4.43. The topological polar surface area (TPSA) is 18.5 Å². The molecule has 0 spiro atoms. The molecule has 0 amide bonds. The van der Waals surface area contributed by atoms with Crippen molar-refractivity contribution in [3.8, 4) is 5.75 Å². The Hall–Kier alpha value is -0.650. The van der Waals surface area contributed by atoms with Crippen LogP contribution in [0.2, 0.25) is 10.0 Å². The van der Waals surface area contributed by atoms with Crippen molar-refractivity contribution in [3.63, 3.8) is 0 Å². The van der Waals surface area contributed by atoms with Crippen molar-refractivity contribution in [2.24, 2.45) is 0 Å². The summed E-state index contributed by atoms with van der Waals surface area (Å²) in [5.41, 5.74) is -0.171. The van der Waals surface area contributed by atoms with E-state index < -0.39 is 12.3 Å². The van der Waals surface area contributed by atoms with Crippen LogP contribution in [0.3, 0.4) is 0 Å². The maximum Gasteiger partial charge on any atom is 0.418 e. The highest BCUT2D eigenvalue weighted by molar-refractivity contribution is 6.37. The van der Waals surface area contributed by atoms with Gasteiger partial charge in [0.1, 0.15) is 0 Å². The second-order valence-electron chi connectivity index (χ2n) is 3.18. The zero-order chi connectivity index (χ0) is 13.2. The number of alkyl halides is 3. The molecule has 1 aromatic rings. The first-order valence-corrected chi connectivity index (χ1v) is 5.19. The minimum Gasteiger partial charge on any atom is -0.494 e. The maximum atomic E-state index is 12.6. The van der Waals surface area contributed by atoms with E-state index in [-0.39, 0.29) is 21.4 Å². The van der Waals surface area contributed by atoms with Crippen LogP contribution >= 0.6 is 23.2 Å². The second kappa shape index (κ2) is 5.33. The lowest BCUT2D eigenvalue weighted by Crippen LogP contribution is -2.22. The third-order valence-electron chi connectivity index (χ3n) is 2.06. The molecular formula is C10H9Cl2F3O2. The van der Waals surface area contributed by atoms with E-state index in [0.717, 1.165) is 19.2 Å². The summed E-state index contributed by atoms with van der Waals surface area (Å²) in [7, 11) is 2.29. The molecule has 17 heavy (non-hydrogen) atoms. The largest absolute Gasteiger partial charge is 0.494 e. The summed E-state index contributed by atoms with van der Waals surface area (Å²) in [5, 5.41) is 0.00241. The molecule has 0 saturated carbocycles. The SMILES string of the molecule is COc1c(Cl)cc(C(OC)C(F)(F)F)cc1Cl. The molecule has 1 aromatic carbocycles. The van der Waals surface area contributed by atoms with Crippen molar-refractivity contribution in [3.05, 3.63) is 27.7 Å². The summed E-state index contributed by atoms with van der Waals surface area (Å²) in [6, 6.07) is 2.24. The number of benzene rings is 1. The predicted octanol–water partition coefficient (Wildman–Crippen LogP) is 4.25. The lowest BCUT2D eigenvalue weighted by atomic mass is 10.1. The minimum absolute atomic E-state index is 0.00120. The van der Waals surface area contributed by atoms with Crippen molar-refractivity contribution in [1.82, 2.24) is 0 Å². The van der Waals surface area contributed by atoms with Crippen molar-refractivity contribution in [2.75, 3.05) is 14.2 Å². The average Bonchev–Trinajstić information content (AvgIpc) is 2.15. The van der Waals surface area contributed by atoms with Crippen LogP contribution in [0.25, 0.3) is 0 Å². The molecule has 0 aliphatic rings. The van der Waals surface area contributed by atoms with Crippen LogP contribution in [0.15, 0.2) is 12.1 Å². The van der Waals surface area contributed by atoms with Gasteiger partial charge in [0, 0.05) is 7.11 Å². The Morgan fingerprint density at radius 3 is 1.88 bits per heavy atom. The fourth-order valence-corrected chi connectivity index (χ4v) is 2.04. The van der Waals surface area contributed by atoms with Crippen LogP contribution in [0, 0.1) is 0 Å². The van der Waals surface area contributed by atoms with E-state index >= 15 is 0 Å². The van der Waals surface area contributed by atoms with Crippen molar-refractivity contribution < 1.29 is 22.6 Å². The Balaban J connectivity index is 3.24.